The minimum absolute atomic E-state index is 0. The lowest BCUT2D eigenvalue weighted by molar-refractivity contribution is 0.203. The minimum Gasteiger partial charge on any atom is -0.469 e. The fourth-order valence-electron chi connectivity index (χ4n) is 1.76. The van der Waals surface area contributed by atoms with Crippen LogP contribution in [0.15, 0.2) is 50.6 Å². The topological polar surface area (TPSA) is 71.9 Å². The number of hydrogen-bond donors (Lipinski definition) is 2. The van der Waals surface area contributed by atoms with Crippen LogP contribution < -0.4 is 10.6 Å². The Morgan fingerprint density at radius 3 is 2.41 bits per heavy atom. The molecule has 0 saturated heterocycles. The molecule has 0 aromatic carbocycles. The van der Waals surface area contributed by atoms with Gasteiger partial charge in [0.15, 0.2) is 5.96 Å². The number of furan rings is 2. The van der Waals surface area contributed by atoms with Gasteiger partial charge < -0.3 is 24.2 Å². The molecular weight excluding hydrogens is 397 g/mol. The number of methoxy groups -OCH3 is 1. The Labute approximate surface area is 147 Å². The molecule has 6 nitrogen and oxygen atoms in total. The van der Waals surface area contributed by atoms with Gasteiger partial charge >= 0.3 is 0 Å². The van der Waals surface area contributed by atoms with Crippen molar-refractivity contribution in [1.29, 1.82) is 0 Å². The van der Waals surface area contributed by atoms with Crippen LogP contribution in [0.25, 0.3) is 0 Å². The molecule has 2 aromatic heterocycles. The Morgan fingerprint density at radius 2 is 1.77 bits per heavy atom. The molecule has 2 aromatic rings. The number of ether oxygens (including phenoxy) is 1. The molecule has 0 unspecified atom stereocenters. The summed E-state index contributed by atoms with van der Waals surface area (Å²) in [6.45, 7) is 2.56. The Morgan fingerprint density at radius 1 is 1.09 bits per heavy atom. The van der Waals surface area contributed by atoms with Crippen molar-refractivity contribution in [2.45, 2.75) is 13.0 Å². The zero-order chi connectivity index (χ0) is 14.8. The van der Waals surface area contributed by atoms with Gasteiger partial charge in [0.2, 0.25) is 0 Å². The van der Waals surface area contributed by atoms with E-state index in [1.54, 1.807) is 19.6 Å². The van der Waals surface area contributed by atoms with Gasteiger partial charge in [-0.3, -0.25) is 0 Å². The summed E-state index contributed by atoms with van der Waals surface area (Å²) in [6, 6.07) is 7.60. The summed E-state index contributed by atoms with van der Waals surface area (Å²) in [5.74, 6) is 2.51. The molecule has 0 spiro atoms. The standard InChI is InChI=1S/C15H21N3O3.HI/c1-19-11-8-17-15(18-12-14-5-3-10-21-14)16-7-6-13-4-2-9-20-13;/h2-5,9-10H,6-8,11-12H2,1H3,(H2,16,17,18);1H. The molecule has 0 aliphatic heterocycles. The first-order valence-electron chi connectivity index (χ1n) is 6.94. The second-order valence-electron chi connectivity index (χ2n) is 4.42. The van der Waals surface area contributed by atoms with Gasteiger partial charge in [-0.05, 0) is 24.3 Å². The van der Waals surface area contributed by atoms with E-state index in [1.807, 2.05) is 24.3 Å². The maximum atomic E-state index is 5.30. The molecule has 7 heteroatoms. The zero-order valence-corrected chi connectivity index (χ0v) is 14.9. The zero-order valence-electron chi connectivity index (χ0n) is 12.6. The van der Waals surface area contributed by atoms with E-state index >= 15 is 0 Å². The second kappa shape index (κ2) is 11.1. The summed E-state index contributed by atoms with van der Waals surface area (Å²) in [5, 5.41) is 6.47. The molecule has 0 atom stereocenters. The van der Waals surface area contributed by atoms with Gasteiger partial charge in [0, 0.05) is 26.6 Å². The predicted molar refractivity (Wildman–Crippen MR) is 95.6 cm³/mol. The van der Waals surface area contributed by atoms with E-state index < -0.39 is 0 Å². The van der Waals surface area contributed by atoms with Gasteiger partial charge in [0.1, 0.15) is 18.1 Å². The first-order chi connectivity index (χ1) is 10.4. The normalized spacial score (nSPS) is 11.0. The van der Waals surface area contributed by atoms with Crippen molar-refractivity contribution < 1.29 is 13.6 Å². The van der Waals surface area contributed by atoms with Crippen LogP contribution >= 0.6 is 24.0 Å². The average molecular weight is 419 g/mol. The Hall–Kier alpha value is -1.48. The van der Waals surface area contributed by atoms with E-state index in [0.717, 1.165) is 30.4 Å². The number of nitrogens with zero attached hydrogens (tertiary/aromatic N) is 1. The number of rotatable bonds is 8. The molecule has 122 valence electrons. The van der Waals surface area contributed by atoms with Gasteiger partial charge in [-0.15, -0.1) is 24.0 Å². The molecule has 0 amide bonds. The summed E-state index contributed by atoms with van der Waals surface area (Å²) in [7, 11) is 1.67. The minimum atomic E-state index is 0. The van der Waals surface area contributed by atoms with Crippen LogP contribution in [0.3, 0.4) is 0 Å². The smallest absolute Gasteiger partial charge is 0.191 e. The molecule has 2 N–H and O–H groups in total. The lowest BCUT2D eigenvalue weighted by Gasteiger charge is -2.11. The largest absolute Gasteiger partial charge is 0.469 e. The molecule has 0 saturated carbocycles. The molecule has 0 aliphatic carbocycles. The first kappa shape index (κ1) is 18.6. The number of aliphatic imine (C=N–C) groups is 1. The maximum absolute atomic E-state index is 5.30. The Balaban J connectivity index is 0.00000242. The van der Waals surface area contributed by atoms with E-state index in [-0.39, 0.29) is 24.0 Å². The van der Waals surface area contributed by atoms with E-state index in [0.29, 0.717) is 19.7 Å². The molecular formula is C15H22IN3O3. The third-order valence-electron chi connectivity index (χ3n) is 2.82. The third-order valence-corrected chi connectivity index (χ3v) is 2.82. The molecule has 0 aliphatic rings. The Bertz CT molecular complexity index is 512. The third kappa shape index (κ3) is 6.99. The van der Waals surface area contributed by atoms with Crippen LogP contribution in [0.1, 0.15) is 11.5 Å². The Kier molecular flexibility index (Phi) is 9.40. The predicted octanol–water partition coefficient (Wildman–Crippen LogP) is 2.41. The van der Waals surface area contributed by atoms with Crippen molar-refractivity contribution in [1.82, 2.24) is 10.6 Å². The van der Waals surface area contributed by atoms with Crippen LogP contribution in [0.4, 0.5) is 0 Å². The molecule has 0 bridgehead atoms. The summed E-state index contributed by atoms with van der Waals surface area (Å²) in [6.07, 6.45) is 4.13. The van der Waals surface area contributed by atoms with E-state index in [4.69, 9.17) is 13.6 Å². The van der Waals surface area contributed by atoms with Crippen molar-refractivity contribution in [3.05, 3.63) is 48.3 Å². The van der Waals surface area contributed by atoms with Crippen LogP contribution in [0.2, 0.25) is 0 Å². The summed E-state index contributed by atoms with van der Waals surface area (Å²) in [5.41, 5.74) is 0. The summed E-state index contributed by atoms with van der Waals surface area (Å²) in [4.78, 5) is 4.47. The van der Waals surface area contributed by atoms with Gasteiger partial charge in [-0.25, -0.2) is 4.99 Å². The lowest BCUT2D eigenvalue weighted by Crippen LogP contribution is -2.39. The molecule has 0 fully saturated rings. The van der Waals surface area contributed by atoms with Crippen molar-refractivity contribution in [3.8, 4) is 0 Å². The highest BCUT2D eigenvalue weighted by Crippen LogP contribution is 2.01. The van der Waals surface area contributed by atoms with Crippen LogP contribution in [-0.4, -0.2) is 32.8 Å². The number of guanidine groups is 1. The summed E-state index contributed by atoms with van der Waals surface area (Å²) < 4.78 is 15.6. The van der Waals surface area contributed by atoms with Gasteiger partial charge in [-0.1, -0.05) is 0 Å². The van der Waals surface area contributed by atoms with E-state index in [9.17, 15) is 0 Å². The number of halogens is 1. The van der Waals surface area contributed by atoms with Crippen molar-refractivity contribution in [3.63, 3.8) is 0 Å². The molecule has 2 rings (SSSR count). The van der Waals surface area contributed by atoms with Crippen LogP contribution in [0, 0.1) is 0 Å². The number of hydrogen-bond acceptors (Lipinski definition) is 4. The van der Waals surface area contributed by atoms with Gasteiger partial charge in [-0.2, -0.15) is 0 Å². The van der Waals surface area contributed by atoms with Crippen molar-refractivity contribution in [2.24, 2.45) is 4.99 Å². The van der Waals surface area contributed by atoms with E-state index in [2.05, 4.69) is 15.6 Å². The quantitative estimate of drug-likeness (QED) is 0.298. The number of nitrogens with one attached hydrogen (secondary N) is 2. The van der Waals surface area contributed by atoms with E-state index in [1.165, 1.54) is 0 Å². The van der Waals surface area contributed by atoms with Gasteiger partial charge in [0.25, 0.3) is 0 Å². The summed E-state index contributed by atoms with van der Waals surface area (Å²) >= 11 is 0. The van der Waals surface area contributed by atoms with Gasteiger partial charge in [0.05, 0.1) is 19.1 Å². The molecule has 0 radical (unpaired) electrons. The highest BCUT2D eigenvalue weighted by molar-refractivity contribution is 14.0. The first-order valence-corrected chi connectivity index (χ1v) is 6.94. The fourth-order valence-corrected chi connectivity index (χ4v) is 1.76. The van der Waals surface area contributed by atoms with Crippen molar-refractivity contribution >= 4 is 29.9 Å². The second-order valence-corrected chi connectivity index (χ2v) is 4.42. The molecule has 22 heavy (non-hydrogen) atoms. The fraction of sp³-hybridized carbons (Fsp3) is 0.400. The molecule has 2 heterocycles. The average Bonchev–Trinajstić information content (AvgIpc) is 3.18. The SMILES string of the molecule is COCCNC(=NCc1ccco1)NCCc1ccco1.I. The maximum Gasteiger partial charge on any atom is 0.191 e. The monoisotopic (exact) mass is 419 g/mol. The van der Waals surface area contributed by atoms with Crippen LogP contribution in [-0.2, 0) is 17.7 Å². The van der Waals surface area contributed by atoms with Crippen LogP contribution in [0.5, 0.6) is 0 Å². The highest BCUT2D eigenvalue weighted by atomic mass is 127. The lowest BCUT2D eigenvalue weighted by atomic mass is 10.3. The highest BCUT2D eigenvalue weighted by Gasteiger charge is 2.01. The van der Waals surface area contributed by atoms with Crippen molar-refractivity contribution in [2.75, 3.05) is 26.8 Å².